The van der Waals surface area contributed by atoms with E-state index >= 15 is 0 Å². The molecule has 1 nitrogen and oxygen atoms in total. The lowest BCUT2D eigenvalue weighted by Crippen LogP contribution is -1.96. The van der Waals surface area contributed by atoms with Crippen LogP contribution in [0, 0.1) is 6.92 Å². The third kappa shape index (κ3) is 3.01. The minimum Gasteiger partial charge on any atom is -0.383 e. The molecule has 0 fully saturated rings. The third-order valence-electron chi connectivity index (χ3n) is 3.22. The Morgan fingerprint density at radius 1 is 1.22 bits per heavy atom. The summed E-state index contributed by atoms with van der Waals surface area (Å²) in [5.74, 6) is 0. The Morgan fingerprint density at radius 3 is 2.61 bits per heavy atom. The molecular formula is C16H20OS. The van der Waals surface area contributed by atoms with Crippen LogP contribution in [0.2, 0.25) is 0 Å². The first kappa shape index (κ1) is 13.3. The molecular weight excluding hydrogens is 240 g/mol. The van der Waals surface area contributed by atoms with E-state index in [1.54, 1.807) is 11.3 Å². The van der Waals surface area contributed by atoms with Crippen molar-refractivity contribution in [2.45, 2.75) is 39.2 Å². The third-order valence-corrected chi connectivity index (χ3v) is 4.37. The van der Waals surface area contributed by atoms with Crippen molar-refractivity contribution in [3.05, 3.63) is 57.3 Å². The zero-order valence-electron chi connectivity index (χ0n) is 11.0. The number of rotatable bonds is 5. The summed E-state index contributed by atoms with van der Waals surface area (Å²) in [5.41, 5.74) is 2.37. The van der Waals surface area contributed by atoms with Gasteiger partial charge in [-0.25, -0.2) is 0 Å². The lowest BCUT2D eigenvalue weighted by atomic mass is 10.1. The molecule has 2 rings (SSSR count). The summed E-state index contributed by atoms with van der Waals surface area (Å²) >= 11 is 1.72. The van der Waals surface area contributed by atoms with Gasteiger partial charge in [0.2, 0.25) is 0 Å². The van der Waals surface area contributed by atoms with Gasteiger partial charge in [0.15, 0.2) is 0 Å². The highest BCUT2D eigenvalue weighted by atomic mass is 32.1. The second-order valence-corrected chi connectivity index (χ2v) is 5.93. The fourth-order valence-corrected chi connectivity index (χ4v) is 3.19. The van der Waals surface area contributed by atoms with E-state index in [2.05, 4.69) is 19.9 Å². The normalized spacial score (nSPS) is 12.6. The Labute approximate surface area is 113 Å². The topological polar surface area (TPSA) is 20.2 Å². The van der Waals surface area contributed by atoms with Gasteiger partial charge in [0.25, 0.3) is 0 Å². The molecule has 2 aromatic rings. The number of aliphatic hydroxyl groups excluding tert-OH is 1. The van der Waals surface area contributed by atoms with Gasteiger partial charge in [0, 0.05) is 9.75 Å². The molecule has 1 N–H and O–H groups in total. The van der Waals surface area contributed by atoms with Crippen molar-refractivity contribution in [3.8, 4) is 0 Å². The molecule has 0 saturated heterocycles. The Balaban J connectivity index is 2.18. The van der Waals surface area contributed by atoms with Crippen LogP contribution >= 0.6 is 11.3 Å². The van der Waals surface area contributed by atoms with Gasteiger partial charge in [-0.05, 0) is 37.0 Å². The number of aryl methyl sites for hydroxylation is 2. The quantitative estimate of drug-likeness (QED) is 0.840. The van der Waals surface area contributed by atoms with Crippen LogP contribution in [0.15, 0.2) is 36.4 Å². The average Bonchev–Trinajstić information content (AvgIpc) is 2.78. The van der Waals surface area contributed by atoms with Crippen molar-refractivity contribution >= 4 is 11.3 Å². The Hall–Kier alpha value is -1.12. The molecule has 18 heavy (non-hydrogen) atoms. The van der Waals surface area contributed by atoms with Crippen LogP contribution in [0.3, 0.4) is 0 Å². The Bertz CT molecular complexity index is 487. The van der Waals surface area contributed by atoms with Gasteiger partial charge in [0.05, 0.1) is 0 Å². The van der Waals surface area contributed by atoms with E-state index in [9.17, 15) is 5.11 Å². The van der Waals surface area contributed by atoms with Crippen LogP contribution < -0.4 is 0 Å². The SMILES string of the molecule is CCCCc1cc(C(O)c2ccccc2)sc1C. The monoisotopic (exact) mass is 260 g/mol. The summed E-state index contributed by atoms with van der Waals surface area (Å²) < 4.78 is 0. The zero-order chi connectivity index (χ0) is 13.0. The molecule has 0 bridgehead atoms. The number of thiophene rings is 1. The zero-order valence-corrected chi connectivity index (χ0v) is 11.8. The minimum atomic E-state index is -0.481. The summed E-state index contributed by atoms with van der Waals surface area (Å²) in [6, 6.07) is 12.0. The van der Waals surface area contributed by atoms with Gasteiger partial charge in [0.1, 0.15) is 6.10 Å². The van der Waals surface area contributed by atoms with Crippen LogP contribution in [0.4, 0.5) is 0 Å². The molecule has 0 aliphatic heterocycles. The first-order valence-electron chi connectivity index (χ1n) is 6.54. The maximum Gasteiger partial charge on any atom is 0.113 e. The molecule has 0 aliphatic rings. The predicted molar refractivity (Wildman–Crippen MR) is 78.2 cm³/mol. The van der Waals surface area contributed by atoms with E-state index in [1.165, 1.54) is 23.3 Å². The molecule has 0 radical (unpaired) electrons. The lowest BCUT2D eigenvalue weighted by Gasteiger charge is -2.07. The standard InChI is InChI=1S/C16H20OS/c1-3-4-8-14-11-15(18-12(14)2)16(17)13-9-6-5-7-10-13/h5-7,9-11,16-17H,3-4,8H2,1-2H3. The molecule has 0 amide bonds. The van der Waals surface area contributed by atoms with E-state index < -0.39 is 6.10 Å². The van der Waals surface area contributed by atoms with Crippen molar-refractivity contribution in [3.63, 3.8) is 0 Å². The molecule has 0 saturated carbocycles. The number of benzene rings is 1. The van der Waals surface area contributed by atoms with E-state index in [0.29, 0.717) is 0 Å². The van der Waals surface area contributed by atoms with E-state index in [1.807, 2.05) is 30.3 Å². The molecule has 1 heterocycles. The Morgan fingerprint density at radius 2 is 1.94 bits per heavy atom. The van der Waals surface area contributed by atoms with Gasteiger partial charge >= 0.3 is 0 Å². The molecule has 1 unspecified atom stereocenters. The van der Waals surface area contributed by atoms with Crippen molar-refractivity contribution in [1.82, 2.24) is 0 Å². The summed E-state index contributed by atoms with van der Waals surface area (Å²) in [6.45, 7) is 4.36. The van der Waals surface area contributed by atoms with Crippen LogP contribution in [-0.4, -0.2) is 5.11 Å². The number of hydrogen-bond donors (Lipinski definition) is 1. The highest BCUT2D eigenvalue weighted by Crippen LogP contribution is 2.31. The summed E-state index contributed by atoms with van der Waals surface area (Å²) in [4.78, 5) is 2.40. The van der Waals surface area contributed by atoms with Gasteiger partial charge in [-0.1, -0.05) is 43.7 Å². The van der Waals surface area contributed by atoms with Crippen molar-refractivity contribution in [2.75, 3.05) is 0 Å². The maximum atomic E-state index is 10.4. The number of aliphatic hydroxyl groups is 1. The fourth-order valence-electron chi connectivity index (χ4n) is 2.09. The van der Waals surface area contributed by atoms with Crippen LogP contribution in [0.5, 0.6) is 0 Å². The first-order valence-corrected chi connectivity index (χ1v) is 7.36. The van der Waals surface area contributed by atoms with E-state index in [0.717, 1.165) is 16.9 Å². The van der Waals surface area contributed by atoms with Gasteiger partial charge in [-0.15, -0.1) is 11.3 Å². The van der Waals surface area contributed by atoms with Gasteiger partial charge < -0.3 is 5.11 Å². The van der Waals surface area contributed by atoms with E-state index in [4.69, 9.17) is 0 Å². The smallest absolute Gasteiger partial charge is 0.113 e. The maximum absolute atomic E-state index is 10.4. The average molecular weight is 260 g/mol. The van der Waals surface area contributed by atoms with Crippen molar-refractivity contribution in [2.24, 2.45) is 0 Å². The molecule has 96 valence electrons. The van der Waals surface area contributed by atoms with E-state index in [-0.39, 0.29) is 0 Å². The molecule has 1 atom stereocenters. The highest BCUT2D eigenvalue weighted by molar-refractivity contribution is 7.12. The van der Waals surface area contributed by atoms with Crippen LogP contribution in [0.1, 0.15) is 46.8 Å². The number of hydrogen-bond acceptors (Lipinski definition) is 2. The Kier molecular flexibility index (Phi) is 4.56. The fraction of sp³-hybridized carbons (Fsp3) is 0.375. The number of unbranched alkanes of at least 4 members (excludes halogenated alkanes) is 1. The second-order valence-electron chi connectivity index (χ2n) is 4.65. The highest BCUT2D eigenvalue weighted by Gasteiger charge is 2.14. The summed E-state index contributed by atoms with van der Waals surface area (Å²) in [5, 5.41) is 10.4. The summed E-state index contributed by atoms with van der Waals surface area (Å²) in [7, 11) is 0. The van der Waals surface area contributed by atoms with Crippen molar-refractivity contribution in [1.29, 1.82) is 0 Å². The summed E-state index contributed by atoms with van der Waals surface area (Å²) in [6.07, 6.45) is 3.08. The molecule has 1 aromatic carbocycles. The largest absolute Gasteiger partial charge is 0.383 e. The van der Waals surface area contributed by atoms with Crippen molar-refractivity contribution < 1.29 is 5.11 Å². The molecule has 2 heteroatoms. The first-order chi connectivity index (χ1) is 8.72. The van der Waals surface area contributed by atoms with Crippen LogP contribution in [0.25, 0.3) is 0 Å². The molecule has 0 spiro atoms. The molecule has 0 aliphatic carbocycles. The minimum absolute atomic E-state index is 0.481. The second kappa shape index (κ2) is 6.17. The molecule has 1 aromatic heterocycles. The lowest BCUT2D eigenvalue weighted by molar-refractivity contribution is 0.224. The van der Waals surface area contributed by atoms with Gasteiger partial charge in [-0.3, -0.25) is 0 Å². The van der Waals surface area contributed by atoms with Crippen LogP contribution in [-0.2, 0) is 6.42 Å². The predicted octanol–water partition coefficient (Wildman–Crippen LogP) is 4.48. The van der Waals surface area contributed by atoms with Gasteiger partial charge in [-0.2, -0.15) is 0 Å².